The van der Waals surface area contributed by atoms with Gasteiger partial charge in [0.25, 0.3) is 0 Å². The van der Waals surface area contributed by atoms with Gasteiger partial charge in [0, 0.05) is 36.9 Å². The molecule has 1 aromatic carbocycles. The van der Waals surface area contributed by atoms with Crippen LogP contribution >= 0.6 is 0 Å². The first kappa shape index (κ1) is 13.7. The van der Waals surface area contributed by atoms with Crippen molar-refractivity contribution in [2.75, 3.05) is 24.5 Å². The number of hydrogen-bond acceptors (Lipinski definition) is 3. The first-order chi connectivity index (χ1) is 9.81. The fourth-order valence-electron chi connectivity index (χ4n) is 3.41. The lowest BCUT2D eigenvalue weighted by Gasteiger charge is -2.44. The standard InChI is InChI=1S/C17H25N3/c18-14-17(19-15-6-4-5-7-15)10-12-20(13-11-17)16-8-2-1-3-9-16/h1-5,8-9,15,19H,6-7,10-14,18H2. The van der Waals surface area contributed by atoms with Gasteiger partial charge in [-0.05, 0) is 37.8 Å². The molecule has 2 aliphatic rings. The molecule has 0 unspecified atom stereocenters. The van der Waals surface area contributed by atoms with Gasteiger partial charge in [0.2, 0.25) is 0 Å². The number of rotatable bonds is 4. The molecular formula is C17H25N3. The molecule has 0 saturated carbocycles. The van der Waals surface area contributed by atoms with Crippen molar-refractivity contribution in [2.45, 2.75) is 37.3 Å². The van der Waals surface area contributed by atoms with Crippen LogP contribution in [-0.2, 0) is 0 Å². The summed E-state index contributed by atoms with van der Waals surface area (Å²) in [5, 5.41) is 3.84. The highest BCUT2D eigenvalue weighted by Gasteiger charge is 2.35. The van der Waals surface area contributed by atoms with Crippen molar-refractivity contribution in [2.24, 2.45) is 5.73 Å². The van der Waals surface area contributed by atoms with Gasteiger partial charge in [0.05, 0.1) is 0 Å². The summed E-state index contributed by atoms with van der Waals surface area (Å²) in [7, 11) is 0. The Labute approximate surface area is 121 Å². The average molecular weight is 271 g/mol. The first-order valence-corrected chi connectivity index (χ1v) is 7.74. The van der Waals surface area contributed by atoms with E-state index in [1.807, 2.05) is 0 Å². The van der Waals surface area contributed by atoms with Gasteiger partial charge in [-0.1, -0.05) is 30.4 Å². The first-order valence-electron chi connectivity index (χ1n) is 7.74. The molecule has 0 bridgehead atoms. The minimum Gasteiger partial charge on any atom is -0.371 e. The molecule has 0 radical (unpaired) electrons. The molecule has 20 heavy (non-hydrogen) atoms. The molecule has 1 aliphatic heterocycles. The Balaban J connectivity index is 1.60. The Morgan fingerprint density at radius 1 is 1.10 bits per heavy atom. The molecule has 0 amide bonds. The summed E-state index contributed by atoms with van der Waals surface area (Å²) >= 11 is 0. The van der Waals surface area contributed by atoms with Gasteiger partial charge < -0.3 is 16.0 Å². The van der Waals surface area contributed by atoms with Crippen molar-refractivity contribution >= 4 is 5.69 Å². The fraction of sp³-hybridized carbons (Fsp3) is 0.529. The molecule has 108 valence electrons. The van der Waals surface area contributed by atoms with Crippen molar-refractivity contribution in [1.82, 2.24) is 5.32 Å². The van der Waals surface area contributed by atoms with E-state index in [2.05, 4.69) is 52.7 Å². The van der Waals surface area contributed by atoms with Crippen LogP contribution in [0, 0.1) is 0 Å². The third-order valence-corrected chi connectivity index (χ3v) is 4.75. The van der Waals surface area contributed by atoms with Crippen molar-refractivity contribution in [3.63, 3.8) is 0 Å². The summed E-state index contributed by atoms with van der Waals surface area (Å²) in [6, 6.07) is 11.3. The van der Waals surface area contributed by atoms with Crippen LogP contribution in [0.2, 0.25) is 0 Å². The molecule has 3 nitrogen and oxygen atoms in total. The zero-order valence-electron chi connectivity index (χ0n) is 12.1. The van der Waals surface area contributed by atoms with E-state index in [1.165, 1.54) is 5.69 Å². The Bertz CT molecular complexity index is 439. The third kappa shape index (κ3) is 2.89. The van der Waals surface area contributed by atoms with Crippen molar-refractivity contribution in [1.29, 1.82) is 0 Å². The highest BCUT2D eigenvalue weighted by molar-refractivity contribution is 5.46. The van der Waals surface area contributed by atoms with E-state index in [0.717, 1.165) is 45.3 Å². The molecule has 3 heteroatoms. The number of nitrogens with two attached hydrogens (primary N) is 1. The molecule has 1 aromatic rings. The predicted molar refractivity (Wildman–Crippen MR) is 85.0 cm³/mol. The zero-order valence-corrected chi connectivity index (χ0v) is 12.1. The van der Waals surface area contributed by atoms with Crippen LogP contribution in [0.4, 0.5) is 5.69 Å². The Hall–Kier alpha value is -1.32. The molecule has 1 saturated heterocycles. The maximum Gasteiger partial charge on any atom is 0.0366 e. The van der Waals surface area contributed by atoms with Gasteiger partial charge in [-0.3, -0.25) is 0 Å². The minimum absolute atomic E-state index is 0.141. The Kier molecular flexibility index (Phi) is 4.08. The topological polar surface area (TPSA) is 41.3 Å². The maximum atomic E-state index is 6.10. The lowest BCUT2D eigenvalue weighted by atomic mass is 9.86. The molecule has 0 aromatic heterocycles. The third-order valence-electron chi connectivity index (χ3n) is 4.75. The Morgan fingerprint density at radius 3 is 2.35 bits per heavy atom. The monoisotopic (exact) mass is 271 g/mol. The molecule has 1 heterocycles. The molecular weight excluding hydrogens is 246 g/mol. The van der Waals surface area contributed by atoms with Gasteiger partial charge in [0.1, 0.15) is 0 Å². The maximum absolute atomic E-state index is 6.10. The van der Waals surface area contributed by atoms with Gasteiger partial charge in [0.15, 0.2) is 0 Å². The van der Waals surface area contributed by atoms with Crippen molar-refractivity contribution < 1.29 is 0 Å². The second-order valence-electron chi connectivity index (χ2n) is 6.09. The molecule has 3 rings (SSSR count). The fourth-order valence-corrected chi connectivity index (χ4v) is 3.41. The number of piperidine rings is 1. The second kappa shape index (κ2) is 5.98. The lowest BCUT2D eigenvalue weighted by Crippen LogP contribution is -2.60. The van der Waals surface area contributed by atoms with E-state index in [4.69, 9.17) is 5.73 Å². The lowest BCUT2D eigenvalue weighted by molar-refractivity contribution is 0.240. The quantitative estimate of drug-likeness (QED) is 0.826. The molecule has 0 spiro atoms. The van der Waals surface area contributed by atoms with Crippen LogP contribution in [-0.4, -0.2) is 31.2 Å². The van der Waals surface area contributed by atoms with E-state index in [0.29, 0.717) is 6.04 Å². The second-order valence-corrected chi connectivity index (χ2v) is 6.09. The zero-order chi connectivity index (χ0) is 13.8. The summed E-state index contributed by atoms with van der Waals surface area (Å²) in [5.41, 5.74) is 7.57. The normalized spacial score (nSPS) is 22.4. The Morgan fingerprint density at radius 2 is 1.75 bits per heavy atom. The highest BCUT2D eigenvalue weighted by Crippen LogP contribution is 2.27. The van der Waals surface area contributed by atoms with E-state index in [1.54, 1.807) is 0 Å². The summed E-state index contributed by atoms with van der Waals surface area (Å²) in [6.07, 6.45) is 9.14. The van der Waals surface area contributed by atoms with Crippen LogP contribution in [0.3, 0.4) is 0 Å². The van der Waals surface area contributed by atoms with Crippen LogP contribution in [0.25, 0.3) is 0 Å². The average Bonchev–Trinajstić information content (AvgIpc) is 3.02. The van der Waals surface area contributed by atoms with Crippen molar-refractivity contribution in [3.8, 4) is 0 Å². The van der Waals surface area contributed by atoms with Crippen LogP contribution in [0.5, 0.6) is 0 Å². The van der Waals surface area contributed by atoms with Crippen LogP contribution in [0.15, 0.2) is 42.5 Å². The number of anilines is 1. The number of hydrogen-bond donors (Lipinski definition) is 2. The van der Waals surface area contributed by atoms with Crippen LogP contribution in [0.1, 0.15) is 25.7 Å². The molecule has 1 fully saturated rings. The SMILES string of the molecule is NCC1(NC2CC=CC2)CCN(c2ccccc2)CC1. The van der Waals surface area contributed by atoms with Gasteiger partial charge in [-0.25, -0.2) is 0 Å². The van der Waals surface area contributed by atoms with Crippen molar-refractivity contribution in [3.05, 3.63) is 42.5 Å². The molecule has 1 aliphatic carbocycles. The summed E-state index contributed by atoms with van der Waals surface area (Å²) in [5.74, 6) is 0. The van der Waals surface area contributed by atoms with Gasteiger partial charge >= 0.3 is 0 Å². The van der Waals surface area contributed by atoms with E-state index in [9.17, 15) is 0 Å². The minimum atomic E-state index is 0.141. The number of nitrogens with zero attached hydrogens (tertiary/aromatic N) is 1. The summed E-state index contributed by atoms with van der Waals surface area (Å²) in [6.45, 7) is 2.93. The number of nitrogens with one attached hydrogen (secondary N) is 1. The summed E-state index contributed by atoms with van der Waals surface area (Å²) in [4.78, 5) is 2.47. The highest BCUT2D eigenvalue weighted by atomic mass is 15.2. The van der Waals surface area contributed by atoms with Gasteiger partial charge in [-0.15, -0.1) is 0 Å². The van der Waals surface area contributed by atoms with Gasteiger partial charge in [-0.2, -0.15) is 0 Å². The predicted octanol–water partition coefficient (Wildman–Crippen LogP) is 2.29. The summed E-state index contributed by atoms with van der Waals surface area (Å²) < 4.78 is 0. The largest absolute Gasteiger partial charge is 0.371 e. The van der Waals surface area contributed by atoms with E-state index in [-0.39, 0.29) is 5.54 Å². The smallest absolute Gasteiger partial charge is 0.0366 e. The molecule has 0 atom stereocenters. The van der Waals surface area contributed by atoms with E-state index >= 15 is 0 Å². The van der Waals surface area contributed by atoms with E-state index < -0.39 is 0 Å². The number of para-hydroxylation sites is 1. The van der Waals surface area contributed by atoms with Crippen LogP contribution < -0.4 is 16.0 Å². The number of benzene rings is 1. The molecule has 3 N–H and O–H groups in total.